The lowest BCUT2D eigenvalue weighted by molar-refractivity contribution is 0.0519. The van der Waals surface area contributed by atoms with Crippen LogP contribution in [0.2, 0.25) is 0 Å². The van der Waals surface area contributed by atoms with Crippen molar-refractivity contribution in [1.29, 1.82) is 0 Å². The normalized spacial score (nSPS) is 11.2. The minimum Gasteiger partial charge on any atom is -0.497 e. The molecule has 3 aromatic rings. The van der Waals surface area contributed by atoms with Crippen molar-refractivity contribution in [2.45, 2.75) is 13.8 Å². The molecule has 5 nitrogen and oxygen atoms in total. The molecule has 104 valence electrons. The third-order valence-electron chi connectivity index (χ3n) is 3.15. The molecule has 0 N–H and O–H groups in total. The number of benzene rings is 1. The first-order chi connectivity index (χ1) is 9.65. The van der Waals surface area contributed by atoms with Crippen molar-refractivity contribution < 1.29 is 14.3 Å². The molecule has 0 unspecified atom stereocenters. The molecule has 0 radical (unpaired) electrons. The molecule has 6 heteroatoms. The number of ether oxygens (including phenoxy) is 2. The average molecular weight is 290 g/mol. The highest BCUT2D eigenvalue weighted by Crippen LogP contribution is 2.31. The molecule has 0 aliphatic heterocycles. The second-order valence-corrected chi connectivity index (χ2v) is 5.33. The molecule has 0 saturated carbocycles. The Balaban J connectivity index is 2.21. The van der Waals surface area contributed by atoms with E-state index in [1.165, 1.54) is 11.3 Å². The summed E-state index contributed by atoms with van der Waals surface area (Å²) in [4.78, 5) is 17.0. The van der Waals surface area contributed by atoms with Crippen LogP contribution < -0.4 is 4.74 Å². The minimum atomic E-state index is -0.373. The van der Waals surface area contributed by atoms with Crippen molar-refractivity contribution in [3.05, 3.63) is 29.6 Å². The van der Waals surface area contributed by atoms with Gasteiger partial charge in [0.25, 0.3) is 0 Å². The molecule has 0 aliphatic rings. The molecule has 0 fully saturated rings. The first-order valence-electron chi connectivity index (χ1n) is 6.28. The number of rotatable bonds is 3. The van der Waals surface area contributed by atoms with Gasteiger partial charge >= 0.3 is 5.97 Å². The third kappa shape index (κ3) is 1.84. The van der Waals surface area contributed by atoms with Crippen LogP contribution in [-0.2, 0) is 4.74 Å². The van der Waals surface area contributed by atoms with E-state index in [0.29, 0.717) is 12.3 Å². The van der Waals surface area contributed by atoms with Crippen LogP contribution in [-0.4, -0.2) is 29.1 Å². The Morgan fingerprint density at radius 3 is 2.95 bits per heavy atom. The van der Waals surface area contributed by atoms with E-state index in [9.17, 15) is 4.79 Å². The second kappa shape index (κ2) is 4.79. The van der Waals surface area contributed by atoms with Crippen LogP contribution in [0, 0.1) is 6.92 Å². The number of nitrogens with zero attached hydrogens (tertiary/aromatic N) is 2. The van der Waals surface area contributed by atoms with Crippen molar-refractivity contribution in [3.8, 4) is 5.75 Å². The fourth-order valence-electron chi connectivity index (χ4n) is 2.21. The fourth-order valence-corrected chi connectivity index (χ4v) is 3.31. The van der Waals surface area contributed by atoms with Crippen LogP contribution in [0.4, 0.5) is 0 Å². The Bertz CT molecular complexity index is 804. The Morgan fingerprint density at radius 2 is 2.25 bits per heavy atom. The summed E-state index contributed by atoms with van der Waals surface area (Å²) in [5.41, 5.74) is 2.21. The number of aryl methyl sites for hydroxylation is 1. The van der Waals surface area contributed by atoms with Gasteiger partial charge in [0.1, 0.15) is 5.75 Å². The monoisotopic (exact) mass is 290 g/mol. The van der Waals surface area contributed by atoms with Crippen molar-refractivity contribution in [3.63, 3.8) is 0 Å². The van der Waals surface area contributed by atoms with Gasteiger partial charge in [0.05, 0.1) is 29.6 Å². The molecule has 3 rings (SSSR count). The highest BCUT2D eigenvalue weighted by molar-refractivity contribution is 7.23. The minimum absolute atomic E-state index is 0.349. The first kappa shape index (κ1) is 12.9. The summed E-state index contributed by atoms with van der Waals surface area (Å²) < 4.78 is 13.3. The lowest BCUT2D eigenvalue weighted by Crippen LogP contribution is -2.07. The molecule has 1 aromatic carbocycles. The zero-order chi connectivity index (χ0) is 14.3. The standard InChI is InChI=1S/C14H14N2O3S/c1-4-19-13(17)12-8(2)16-10-6-5-9(18-3)7-11(10)20-14(16)15-12/h5-7H,4H2,1-3H3. The van der Waals surface area contributed by atoms with Crippen molar-refractivity contribution >= 4 is 32.5 Å². The maximum Gasteiger partial charge on any atom is 0.358 e. The molecule has 2 heterocycles. The van der Waals surface area contributed by atoms with E-state index in [4.69, 9.17) is 9.47 Å². The molecule has 0 aliphatic carbocycles. The van der Waals surface area contributed by atoms with Crippen LogP contribution in [0.3, 0.4) is 0 Å². The highest BCUT2D eigenvalue weighted by atomic mass is 32.1. The van der Waals surface area contributed by atoms with E-state index >= 15 is 0 Å². The molecular weight excluding hydrogens is 276 g/mol. The summed E-state index contributed by atoms with van der Waals surface area (Å²) >= 11 is 1.53. The van der Waals surface area contributed by atoms with E-state index in [-0.39, 0.29) is 5.97 Å². The summed E-state index contributed by atoms with van der Waals surface area (Å²) in [5, 5.41) is 0. The number of fused-ring (bicyclic) bond motifs is 3. The topological polar surface area (TPSA) is 52.8 Å². The molecule has 2 aromatic heterocycles. The maximum atomic E-state index is 11.9. The van der Waals surface area contributed by atoms with Gasteiger partial charge in [-0.15, -0.1) is 0 Å². The van der Waals surface area contributed by atoms with Gasteiger partial charge < -0.3 is 9.47 Å². The predicted octanol–water partition coefficient (Wildman–Crippen LogP) is 3.04. The van der Waals surface area contributed by atoms with Crippen molar-refractivity contribution in [2.75, 3.05) is 13.7 Å². The van der Waals surface area contributed by atoms with Gasteiger partial charge in [0, 0.05) is 0 Å². The summed E-state index contributed by atoms with van der Waals surface area (Å²) in [7, 11) is 1.64. The lowest BCUT2D eigenvalue weighted by atomic mass is 10.3. The molecule has 0 atom stereocenters. The van der Waals surface area contributed by atoms with Crippen LogP contribution in [0.15, 0.2) is 18.2 Å². The molecule has 20 heavy (non-hydrogen) atoms. The van der Waals surface area contributed by atoms with E-state index in [1.807, 2.05) is 29.5 Å². The zero-order valence-corrected chi connectivity index (χ0v) is 12.3. The maximum absolute atomic E-state index is 11.9. The zero-order valence-electron chi connectivity index (χ0n) is 11.5. The van der Waals surface area contributed by atoms with Gasteiger partial charge in [-0.25, -0.2) is 9.78 Å². The number of thiazole rings is 1. The van der Waals surface area contributed by atoms with Crippen LogP contribution in [0.5, 0.6) is 5.75 Å². The summed E-state index contributed by atoms with van der Waals surface area (Å²) in [6.45, 7) is 4.01. The fraction of sp³-hybridized carbons (Fsp3) is 0.286. The van der Waals surface area contributed by atoms with Gasteiger partial charge in [-0.05, 0) is 32.0 Å². The average Bonchev–Trinajstić information content (AvgIpc) is 2.95. The number of esters is 1. The van der Waals surface area contributed by atoms with Gasteiger partial charge in [-0.3, -0.25) is 4.40 Å². The van der Waals surface area contributed by atoms with Crippen molar-refractivity contribution in [1.82, 2.24) is 9.38 Å². The lowest BCUT2D eigenvalue weighted by Gasteiger charge is -2.01. The number of carbonyl (C=O) groups is 1. The van der Waals surface area contributed by atoms with Crippen LogP contribution in [0.25, 0.3) is 15.2 Å². The van der Waals surface area contributed by atoms with E-state index < -0.39 is 0 Å². The third-order valence-corrected chi connectivity index (χ3v) is 4.16. The molecular formula is C14H14N2O3S. The number of hydrogen-bond donors (Lipinski definition) is 0. The molecule has 0 spiro atoms. The molecule has 0 saturated heterocycles. The number of hydrogen-bond acceptors (Lipinski definition) is 5. The Hall–Kier alpha value is -2.08. The molecule has 0 bridgehead atoms. The van der Waals surface area contributed by atoms with Gasteiger partial charge in [0.15, 0.2) is 10.7 Å². The van der Waals surface area contributed by atoms with Crippen molar-refractivity contribution in [2.24, 2.45) is 0 Å². The first-order valence-corrected chi connectivity index (χ1v) is 7.10. The smallest absolute Gasteiger partial charge is 0.358 e. The number of methoxy groups -OCH3 is 1. The Kier molecular flexibility index (Phi) is 3.10. The second-order valence-electron chi connectivity index (χ2n) is 4.32. The predicted molar refractivity (Wildman–Crippen MR) is 77.8 cm³/mol. The summed E-state index contributed by atoms with van der Waals surface area (Å²) in [6, 6.07) is 5.84. The SMILES string of the molecule is CCOC(=O)c1nc2sc3cc(OC)ccc3n2c1C. The van der Waals surface area contributed by atoms with Gasteiger partial charge in [-0.1, -0.05) is 11.3 Å². The number of imidazole rings is 1. The Morgan fingerprint density at radius 1 is 1.45 bits per heavy atom. The van der Waals surface area contributed by atoms with Crippen LogP contribution >= 0.6 is 11.3 Å². The number of aromatic nitrogens is 2. The largest absolute Gasteiger partial charge is 0.497 e. The Labute approximate surface area is 119 Å². The van der Waals surface area contributed by atoms with Crippen LogP contribution in [0.1, 0.15) is 23.1 Å². The van der Waals surface area contributed by atoms with Gasteiger partial charge in [-0.2, -0.15) is 0 Å². The van der Waals surface area contributed by atoms with E-state index in [2.05, 4.69) is 4.98 Å². The quantitative estimate of drug-likeness (QED) is 0.696. The van der Waals surface area contributed by atoms with Gasteiger partial charge in [0.2, 0.25) is 0 Å². The summed E-state index contributed by atoms with van der Waals surface area (Å²) in [6.07, 6.45) is 0. The summed E-state index contributed by atoms with van der Waals surface area (Å²) in [5.74, 6) is 0.438. The number of carbonyl (C=O) groups excluding carboxylic acids is 1. The van der Waals surface area contributed by atoms with E-state index in [1.54, 1.807) is 14.0 Å². The van der Waals surface area contributed by atoms with E-state index in [0.717, 1.165) is 26.6 Å². The highest BCUT2D eigenvalue weighted by Gasteiger charge is 2.20. The molecule has 0 amide bonds.